The van der Waals surface area contributed by atoms with Crippen molar-refractivity contribution in [1.29, 1.82) is 0 Å². The van der Waals surface area contributed by atoms with Crippen LogP contribution in [0.3, 0.4) is 0 Å². The molecule has 2 bridgehead atoms. The standard InChI is InChI=1S/C21H25N3O4/c1-13-19(14(2)28-22-13)12-24-18-8-7-17(20(24)25)10-23(11-18)9-15-3-5-16(6-4-15)21(26)27/h3-6,17-18H,7-12H2,1-2H3,(H,26,27)/t17-,18+/m1/s1. The predicted molar refractivity (Wildman–Crippen MR) is 102 cm³/mol. The molecule has 3 aliphatic rings. The lowest BCUT2D eigenvalue weighted by atomic mass is 9.93. The summed E-state index contributed by atoms with van der Waals surface area (Å²) in [6, 6.07) is 7.18. The van der Waals surface area contributed by atoms with Crippen molar-refractivity contribution in [2.45, 2.75) is 45.8 Å². The molecule has 0 radical (unpaired) electrons. The summed E-state index contributed by atoms with van der Waals surface area (Å²) < 4.78 is 5.27. The van der Waals surface area contributed by atoms with E-state index in [9.17, 15) is 9.59 Å². The zero-order chi connectivity index (χ0) is 19.8. The minimum atomic E-state index is -0.917. The molecule has 0 saturated carbocycles. The van der Waals surface area contributed by atoms with Gasteiger partial charge in [0.05, 0.1) is 23.7 Å². The van der Waals surface area contributed by atoms with Gasteiger partial charge in [-0.15, -0.1) is 0 Å². The molecule has 3 aliphatic heterocycles. The molecule has 3 fully saturated rings. The van der Waals surface area contributed by atoms with Gasteiger partial charge in [-0.25, -0.2) is 4.79 Å². The highest BCUT2D eigenvalue weighted by Gasteiger charge is 2.41. The summed E-state index contributed by atoms with van der Waals surface area (Å²) >= 11 is 0. The highest BCUT2D eigenvalue weighted by atomic mass is 16.5. The highest BCUT2D eigenvalue weighted by Crippen LogP contribution is 2.32. The number of carboxylic acids is 1. The molecule has 0 aliphatic carbocycles. The average Bonchev–Trinajstić information content (AvgIpc) is 2.83. The zero-order valence-corrected chi connectivity index (χ0v) is 16.2. The van der Waals surface area contributed by atoms with Gasteiger partial charge in [-0.3, -0.25) is 9.69 Å². The van der Waals surface area contributed by atoms with Gasteiger partial charge in [-0.05, 0) is 44.4 Å². The van der Waals surface area contributed by atoms with Crippen LogP contribution in [0.4, 0.5) is 0 Å². The normalized spacial score (nSPS) is 22.5. The van der Waals surface area contributed by atoms with Crippen LogP contribution < -0.4 is 0 Å². The van der Waals surface area contributed by atoms with Crippen LogP contribution in [0.25, 0.3) is 0 Å². The third-order valence-corrected chi connectivity index (χ3v) is 5.99. The minimum Gasteiger partial charge on any atom is -0.478 e. The number of piperidine rings is 1. The lowest BCUT2D eigenvalue weighted by molar-refractivity contribution is -0.140. The van der Waals surface area contributed by atoms with Crippen LogP contribution in [0, 0.1) is 19.8 Å². The van der Waals surface area contributed by atoms with E-state index in [0.29, 0.717) is 12.1 Å². The van der Waals surface area contributed by atoms with E-state index in [2.05, 4.69) is 10.1 Å². The molecule has 1 aromatic heterocycles. The monoisotopic (exact) mass is 383 g/mol. The maximum Gasteiger partial charge on any atom is 0.335 e. The van der Waals surface area contributed by atoms with Crippen LogP contribution in [0.2, 0.25) is 0 Å². The number of carbonyl (C=O) groups excluding carboxylic acids is 1. The Balaban J connectivity index is 1.49. The first-order valence-corrected chi connectivity index (χ1v) is 9.69. The first-order chi connectivity index (χ1) is 13.4. The van der Waals surface area contributed by atoms with E-state index >= 15 is 0 Å². The summed E-state index contributed by atoms with van der Waals surface area (Å²) in [5.74, 6) is 0.0956. The Morgan fingerprint density at radius 3 is 2.57 bits per heavy atom. The number of aromatic nitrogens is 1. The van der Waals surface area contributed by atoms with Crippen molar-refractivity contribution in [3.8, 4) is 0 Å². The lowest BCUT2D eigenvalue weighted by Crippen LogP contribution is -2.47. The number of aryl methyl sites for hydroxylation is 2. The number of hydrogen-bond donors (Lipinski definition) is 1. The fourth-order valence-electron chi connectivity index (χ4n) is 4.38. The minimum absolute atomic E-state index is 0.0116. The Morgan fingerprint density at radius 1 is 1.18 bits per heavy atom. The molecular formula is C21H25N3O4. The molecule has 7 nitrogen and oxygen atoms in total. The van der Waals surface area contributed by atoms with E-state index in [1.807, 2.05) is 30.9 Å². The molecule has 5 rings (SSSR count). The van der Waals surface area contributed by atoms with E-state index in [4.69, 9.17) is 9.63 Å². The number of rotatable bonds is 5. The number of nitrogens with zero attached hydrogens (tertiary/aromatic N) is 3. The topological polar surface area (TPSA) is 86.9 Å². The highest BCUT2D eigenvalue weighted by molar-refractivity contribution is 5.87. The second-order valence-electron chi connectivity index (χ2n) is 7.89. The summed E-state index contributed by atoms with van der Waals surface area (Å²) in [5, 5.41) is 13.1. The quantitative estimate of drug-likeness (QED) is 0.854. The van der Waals surface area contributed by atoms with E-state index in [-0.39, 0.29) is 17.9 Å². The SMILES string of the molecule is Cc1noc(C)c1CN1C(=O)[C@@H]2CC[C@H]1CN(Cc1ccc(C(=O)O)cc1)C2. The Labute approximate surface area is 163 Å². The molecule has 7 heteroatoms. The van der Waals surface area contributed by atoms with Crippen LogP contribution in [0.1, 0.15) is 45.8 Å². The average molecular weight is 383 g/mol. The Bertz CT molecular complexity index is 870. The number of carboxylic acid groups (broad SMARTS) is 1. The number of amides is 1. The van der Waals surface area contributed by atoms with Gasteiger partial charge in [0.2, 0.25) is 5.91 Å². The van der Waals surface area contributed by atoms with Gasteiger partial charge in [-0.1, -0.05) is 17.3 Å². The van der Waals surface area contributed by atoms with Gasteiger partial charge in [-0.2, -0.15) is 0 Å². The molecular weight excluding hydrogens is 358 g/mol. The Morgan fingerprint density at radius 2 is 1.93 bits per heavy atom. The molecule has 0 unspecified atom stereocenters. The number of hydrogen-bond acceptors (Lipinski definition) is 5. The van der Waals surface area contributed by atoms with Gasteiger partial charge in [0, 0.05) is 31.2 Å². The first-order valence-electron chi connectivity index (χ1n) is 9.69. The molecule has 3 saturated heterocycles. The van der Waals surface area contributed by atoms with Crippen LogP contribution >= 0.6 is 0 Å². The lowest BCUT2D eigenvalue weighted by Gasteiger charge is -2.36. The molecule has 2 atom stereocenters. The predicted octanol–water partition coefficient (Wildman–Crippen LogP) is 2.61. The van der Waals surface area contributed by atoms with Crippen LogP contribution in [-0.2, 0) is 17.9 Å². The third-order valence-electron chi connectivity index (χ3n) is 5.99. The molecule has 2 aromatic rings. The second kappa shape index (κ2) is 7.39. The van der Waals surface area contributed by atoms with Crippen molar-refractivity contribution < 1.29 is 19.2 Å². The Kier molecular flexibility index (Phi) is 4.93. The van der Waals surface area contributed by atoms with Gasteiger partial charge in [0.1, 0.15) is 5.76 Å². The molecule has 1 N–H and O–H groups in total. The van der Waals surface area contributed by atoms with Crippen molar-refractivity contribution in [2.24, 2.45) is 5.92 Å². The number of aromatic carboxylic acids is 1. The summed E-state index contributed by atoms with van der Waals surface area (Å²) in [4.78, 5) is 28.4. The van der Waals surface area contributed by atoms with Crippen molar-refractivity contribution in [2.75, 3.05) is 13.1 Å². The van der Waals surface area contributed by atoms with E-state index in [1.54, 1.807) is 12.1 Å². The number of fused-ring (bicyclic) bond motifs is 4. The van der Waals surface area contributed by atoms with Gasteiger partial charge < -0.3 is 14.5 Å². The molecule has 28 heavy (non-hydrogen) atoms. The largest absolute Gasteiger partial charge is 0.478 e. The van der Waals surface area contributed by atoms with Crippen LogP contribution in [0.5, 0.6) is 0 Å². The second-order valence-corrected chi connectivity index (χ2v) is 7.89. The van der Waals surface area contributed by atoms with E-state index < -0.39 is 5.97 Å². The van der Waals surface area contributed by atoms with Gasteiger partial charge in [0.15, 0.2) is 0 Å². The van der Waals surface area contributed by atoms with E-state index in [0.717, 1.165) is 55.1 Å². The summed E-state index contributed by atoms with van der Waals surface area (Å²) in [6.07, 6.45) is 1.93. The van der Waals surface area contributed by atoms with Gasteiger partial charge >= 0.3 is 5.97 Å². The number of carbonyl (C=O) groups is 2. The maximum absolute atomic E-state index is 13.1. The summed E-state index contributed by atoms with van der Waals surface area (Å²) in [7, 11) is 0. The first kappa shape index (κ1) is 18.7. The maximum atomic E-state index is 13.1. The van der Waals surface area contributed by atoms with Crippen LogP contribution in [0.15, 0.2) is 28.8 Å². The summed E-state index contributed by atoms with van der Waals surface area (Å²) in [6.45, 7) is 6.66. The fourth-order valence-corrected chi connectivity index (χ4v) is 4.38. The molecule has 1 amide bonds. The summed E-state index contributed by atoms with van der Waals surface area (Å²) in [5.41, 5.74) is 3.22. The van der Waals surface area contributed by atoms with Gasteiger partial charge in [0.25, 0.3) is 0 Å². The molecule has 1 aromatic carbocycles. The molecule has 148 valence electrons. The third kappa shape index (κ3) is 3.54. The van der Waals surface area contributed by atoms with Crippen molar-refractivity contribution >= 4 is 11.9 Å². The fraction of sp³-hybridized carbons (Fsp3) is 0.476. The van der Waals surface area contributed by atoms with Crippen LogP contribution in [-0.4, -0.2) is 51.1 Å². The smallest absolute Gasteiger partial charge is 0.335 e. The Hall–Kier alpha value is -2.67. The zero-order valence-electron chi connectivity index (χ0n) is 16.2. The van der Waals surface area contributed by atoms with Crippen molar-refractivity contribution in [1.82, 2.24) is 15.0 Å². The van der Waals surface area contributed by atoms with Crippen molar-refractivity contribution in [3.63, 3.8) is 0 Å². The van der Waals surface area contributed by atoms with Crippen molar-refractivity contribution in [3.05, 3.63) is 52.4 Å². The van der Waals surface area contributed by atoms with E-state index in [1.165, 1.54) is 0 Å². The molecule has 0 spiro atoms. The molecule has 4 heterocycles. The number of benzene rings is 1.